The molecule has 0 radical (unpaired) electrons. The van der Waals surface area contributed by atoms with E-state index in [-0.39, 0.29) is 79.0 Å². The van der Waals surface area contributed by atoms with Crippen molar-refractivity contribution in [2.45, 2.75) is 37.1 Å². The summed E-state index contributed by atoms with van der Waals surface area (Å²) in [6.07, 6.45) is 1.70. The van der Waals surface area contributed by atoms with Crippen molar-refractivity contribution in [3.8, 4) is 34.3 Å². The van der Waals surface area contributed by atoms with Gasteiger partial charge in [0.25, 0.3) is 21.7 Å². The summed E-state index contributed by atoms with van der Waals surface area (Å²) in [6, 6.07) is 39.6. The number of benzene rings is 7. The number of hydrogen-bond acceptors (Lipinski definition) is 26. The minimum atomic E-state index is -4.36. The van der Waals surface area contributed by atoms with Crippen LogP contribution in [0, 0.1) is 0 Å². The topological polar surface area (TPSA) is 398 Å². The van der Waals surface area contributed by atoms with Crippen molar-refractivity contribution in [3.63, 3.8) is 0 Å². The third-order valence-electron chi connectivity index (χ3n) is 15.9. The number of fused-ring (bicyclic) bond motifs is 2. The van der Waals surface area contributed by atoms with Gasteiger partial charge in [-0.1, -0.05) is 36.4 Å². The van der Waals surface area contributed by atoms with E-state index in [4.69, 9.17) is 42.5 Å². The number of anilines is 1. The molecule has 0 aliphatic rings. The molecule has 556 valence electrons. The van der Waals surface area contributed by atoms with E-state index in [1.165, 1.54) is 36.4 Å². The number of sulfone groups is 1. The van der Waals surface area contributed by atoms with E-state index in [9.17, 15) is 48.0 Å². The van der Waals surface area contributed by atoms with Crippen LogP contribution in [0.3, 0.4) is 0 Å². The number of nitrogens with one attached hydrogen (secondary N) is 4. The Balaban J connectivity index is 0.581. The van der Waals surface area contributed by atoms with Crippen LogP contribution in [0.15, 0.2) is 165 Å². The Morgan fingerprint density at radius 3 is 1.54 bits per heavy atom. The molecule has 0 atom stereocenters. The lowest BCUT2D eigenvalue weighted by Gasteiger charge is -2.20. The van der Waals surface area contributed by atoms with E-state index in [1.54, 1.807) is 78.9 Å². The molecule has 2 aromatic heterocycles. The monoisotopic (exact) mass is 1460 g/mol. The SMILES string of the molecule is CN(Cc1cccc2nc(C(=O)NCCc3ccc(O)c(-c4cc(CCNC(=O)c5ccc6nonc6c5)ccc4O)c3)c(O)nc12)c1ccc(/N=N/c2ccc(S(=O)(=O)C(=O)NCCOCCOCCOCCOCCOCCOCCOCCOCCC(=O)NCCc3ccc(O)cc3)cc2)cc1. The van der Waals surface area contributed by atoms with Gasteiger partial charge in [-0.2, -0.15) is 10.2 Å². The highest BCUT2D eigenvalue weighted by atomic mass is 32.2. The molecule has 9 aromatic rings. The summed E-state index contributed by atoms with van der Waals surface area (Å²) >= 11 is 0. The average molecular weight is 1460 g/mol. The van der Waals surface area contributed by atoms with Gasteiger partial charge >= 0.3 is 5.24 Å². The van der Waals surface area contributed by atoms with Gasteiger partial charge < -0.3 is 84.5 Å². The Bertz CT molecular complexity index is 4420. The summed E-state index contributed by atoms with van der Waals surface area (Å²) in [6.45, 7) is 6.82. The number of para-hydroxylation sites is 1. The molecular weight excluding hydrogens is 1380 g/mol. The van der Waals surface area contributed by atoms with Crippen molar-refractivity contribution in [1.29, 1.82) is 0 Å². The summed E-state index contributed by atoms with van der Waals surface area (Å²) in [5.41, 5.74) is 7.65. The summed E-state index contributed by atoms with van der Waals surface area (Å²) in [5.74, 6) is -1.49. The molecule has 105 heavy (non-hydrogen) atoms. The zero-order valence-corrected chi connectivity index (χ0v) is 58.8. The summed E-state index contributed by atoms with van der Waals surface area (Å²) in [7, 11) is -2.49. The molecule has 0 fully saturated rings. The Morgan fingerprint density at radius 2 is 0.971 bits per heavy atom. The Morgan fingerprint density at radius 1 is 0.476 bits per heavy atom. The van der Waals surface area contributed by atoms with Crippen molar-refractivity contribution in [3.05, 3.63) is 179 Å². The maximum atomic E-state index is 13.4. The molecule has 8 N–H and O–H groups in total. The van der Waals surface area contributed by atoms with Crippen molar-refractivity contribution in [1.82, 2.24) is 41.5 Å². The van der Waals surface area contributed by atoms with E-state index in [2.05, 4.69) is 51.8 Å². The number of ether oxygens (including phenoxy) is 8. The van der Waals surface area contributed by atoms with Crippen LogP contribution in [0.4, 0.5) is 21.9 Å². The fourth-order valence-corrected chi connectivity index (χ4v) is 11.3. The molecular formula is C74H85N11O19S. The van der Waals surface area contributed by atoms with E-state index < -0.39 is 26.9 Å². The molecule has 31 heteroatoms. The summed E-state index contributed by atoms with van der Waals surface area (Å²) in [5, 5.41) is 67.9. The maximum Gasteiger partial charge on any atom is 0.341 e. The third kappa shape index (κ3) is 25.4. The molecule has 30 nitrogen and oxygen atoms in total. The van der Waals surface area contributed by atoms with E-state index in [1.807, 2.05) is 42.3 Å². The number of carbonyl (C=O) groups excluding carboxylic acids is 4. The highest BCUT2D eigenvalue weighted by Crippen LogP contribution is 2.37. The zero-order chi connectivity index (χ0) is 74.0. The molecule has 0 aliphatic carbocycles. The predicted molar refractivity (Wildman–Crippen MR) is 386 cm³/mol. The highest BCUT2D eigenvalue weighted by molar-refractivity contribution is 8.06. The van der Waals surface area contributed by atoms with Crippen LogP contribution in [0.1, 0.15) is 49.5 Å². The molecule has 0 saturated heterocycles. The predicted octanol–water partition coefficient (Wildman–Crippen LogP) is 8.02. The smallest absolute Gasteiger partial charge is 0.341 e. The molecule has 4 amide bonds. The number of rotatable bonds is 45. The normalized spacial score (nSPS) is 11.6. The quantitative estimate of drug-likeness (QED) is 0.0132. The first-order valence-electron chi connectivity index (χ1n) is 34.0. The largest absolute Gasteiger partial charge is 0.508 e. The number of carbonyl (C=O) groups is 4. The summed E-state index contributed by atoms with van der Waals surface area (Å²) in [4.78, 5) is 61.5. The van der Waals surface area contributed by atoms with Crippen molar-refractivity contribution in [2.75, 3.05) is 144 Å². The van der Waals surface area contributed by atoms with Gasteiger partial charge in [0.15, 0.2) is 5.69 Å². The maximum absolute atomic E-state index is 13.4. The summed E-state index contributed by atoms with van der Waals surface area (Å²) < 4.78 is 74.7. The highest BCUT2D eigenvalue weighted by Gasteiger charge is 2.25. The first-order chi connectivity index (χ1) is 51.1. The van der Waals surface area contributed by atoms with Gasteiger partial charge in [-0.25, -0.2) is 23.0 Å². The van der Waals surface area contributed by atoms with Gasteiger partial charge in [-0.15, -0.1) is 0 Å². The molecule has 0 saturated carbocycles. The van der Waals surface area contributed by atoms with Crippen molar-refractivity contribution in [2.24, 2.45) is 10.2 Å². The number of phenols is 3. The van der Waals surface area contributed by atoms with Crippen LogP contribution >= 0.6 is 0 Å². The zero-order valence-electron chi connectivity index (χ0n) is 58.0. The standard InChI is InChI=1S/C74H85N11O19S/c1-85(50-55-3-2-4-64-69(55)80-73(92)70(79-64)72(91)77-29-25-53-8-22-67(88)62(48-53)61-47-52(7-21-66(61)87)24-28-76-71(90)54-9-20-63-65(49-54)84-104-83-63)58-14-10-56(11-15-58)81-82-57-12-18-60(19-13-57)105(94,95)74(93)78-30-32-97-34-36-99-38-40-101-42-44-103-46-45-102-43-41-100-39-37-98-35-33-96-31-26-68(89)75-27-23-51-5-16-59(86)17-6-51/h2-22,47-49,86-88H,23-46,50H2,1H3,(H,75,89)(H,76,90)(H,77,91)(H,78,93)(H,80,92)/b82-81+. The van der Waals surface area contributed by atoms with Crippen molar-refractivity contribution >= 4 is 71.9 Å². The van der Waals surface area contributed by atoms with Crippen LogP contribution in [-0.4, -0.2) is 211 Å². The number of aromatic hydroxyl groups is 4. The van der Waals surface area contributed by atoms with Gasteiger partial charge in [0.2, 0.25) is 11.8 Å². The number of phenolic OH excluding ortho intramolecular Hbond substituents is 3. The molecule has 0 aliphatic heterocycles. The third-order valence-corrected chi connectivity index (χ3v) is 17.5. The molecule has 2 heterocycles. The van der Waals surface area contributed by atoms with Crippen LogP contribution in [0.5, 0.6) is 23.1 Å². The van der Waals surface area contributed by atoms with E-state index in [0.717, 1.165) is 27.9 Å². The van der Waals surface area contributed by atoms with E-state index in [0.29, 0.717) is 175 Å². The average Bonchev–Trinajstić information content (AvgIpc) is 1.41. The second-order valence-electron chi connectivity index (χ2n) is 23.6. The minimum Gasteiger partial charge on any atom is -0.508 e. The van der Waals surface area contributed by atoms with Crippen molar-refractivity contribution < 1.29 is 90.5 Å². The van der Waals surface area contributed by atoms with Gasteiger partial charge in [0.1, 0.15) is 28.3 Å². The number of aromatic nitrogens is 4. The van der Waals surface area contributed by atoms with Gasteiger partial charge in [-0.05, 0) is 161 Å². The van der Waals surface area contributed by atoms with Gasteiger partial charge in [0.05, 0.1) is 133 Å². The molecule has 0 spiro atoms. The van der Waals surface area contributed by atoms with Gasteiger partial charge in [0, 0.05) is 68.6 Å². The van der Waals surface area contributed by atoms with Crippen LogP contribution in [-0.2, 0) is 78.3 Å². The molecule has 7 aromatic carbocycles. The van der Waals surface area contributed by atoms with Crippen LogP contribution in [0.2, 0.25) is 0 Å². The lowest BCUT2D eigenvalue weighted by atomic mass is 9.97. The van der Waals surface area contributed by atoms with Crippen LogP contribution < -0.4 is 26.2 Å². The number of nitrogens with zero attached hydrogens (tertiary/aromatic N) is 7. The second kappa shape index (κ2) is 41.6. The molecule has 9 rings (SSSR count). The number of azo groups is 1. The van der Waals surface area contributed by atoms with Gasteiger partial charge in [-0.3, -0.25) is 19.2 Å². The number of hydrogen-bond donors (Lipinski definition) is 8. The van der Waals surface area contributed by atoms with E-state index >= 15 is 0 Å². The Kier molecular flexibility index (Phi) is 31.1. The fourth-order valence-electron chi connectivity index (χ4n) is 10.3. The lowest BCUT2D eigenvalue weighted by molar-refractivity contribution is -0.122. The first-order valence-corrected chi connectivity index (χ1v) is 35.5. The molecule has 0 unspecified atom stereocenters. The number of amides is 4. The second-order valence-corrected chi connectivity index (χ2v) is 25.4. The molecule has 0 bridgehead atoms. The Labute approximate surface area is 605 Å². The van der Waals surface area contributed by atoms with Crippen LogP contribution in [0.25, 0.3) is 33.2 Å². The lowest BCUT2D eigenvalue weighted by Crippen LogP contribution is -2.32. The minimum absolute atomic E-state index is 0.0415. The Hall–Kier alpha value is -10.6. The first kappa shape index (κ1) is 78.5. The fraction of sp³-hybridized carbons (Fsp3) is 0.351.